The first-order valence-electron chi connectivity index (χ1n) is 4.51. The molecule has 0 radical (unpaired) electrons. The lowest BCUT2D eigenvalue weighted by atomic mass is 10.1. The van der Waals surface area contributed by atoms with Gasteiger partial charge in [-0.1, -0.05) is 0 Å². The highest BCUT2D eigenvalue weighted by Gasteiger charge is 2.15. The molecule has 5 heteroatoms. The molecule has 0 spiro atoms. The maximum atomic E-state index is 11.0. The normalized spacial score (nSPS) is 18.3. The standard InChI is InChI=1S/C9H13NO4/c11-8(12)1-2-9(13)14-7-3-5-10-6-4-7/h1-2,7,10H,3-6H2,(H,11,12)/b2-1-. The molecule has 0 atom stereocenters. The Morgan fingerprint density at radius 1 is 1.29 bits per heavy atom. The van der Waals surface area contributed by atoms with Gasteiger partial charge in [0.1, 0.15) is 6.10 Å². The number of ether oxygens (including phenoxy) is 1. The van der Waals surface area contributed by atoms with Gasteiger partial charge in [-0.15, -0.1) is 0 Å². The van der Waals surface area contributed by atoms with E-state index in [2.05, 4.69) is 5.32 Å². The molecule has 1 aliphatic heterocycles. The Kier molecular flexibility index (Phi) is 4.12. The second-order valence-corrected chi connectivity index (χ2v) is 3.06. The molecule has 1 rings (SSSR count). The second kappa shape index (κ2) is 5.39. The van der Waals surface area contributed by atoms with E-state index in [-0.39, 0.29) is 6.10 Å². The SMILES string of the molecule is O=C(O)/C=C\C(=O)OC1CCNCC1. The van der Waals surface area contributed by atoms with Crippen LogP contribution >= 0.6 is 0 Å². The van der Waals surface area contributed by atoms with Gasteiger partial charge in [-0.3, -0.25) is 0 Å². The molecule has 0 aromatic heterocycles. The summed E-state index contributed by atoms with van der Waals surface area (Å²) in [6.45, 7) is 1.67. The van der Waals surface area contributed by atoms with Gasteiger partial charge in [0.25, 0.3) is 0 Å². The minimum Gasteiger partial charge on any atom is -0.478 e. The van der Waals surface area contributed by atoms with E-state index in [0.717, 1.165) is 38.1 Å². The van der Waals surface area contributed by atoms with E-state index < -0.39 is 11.9 Å². The lowest BCUT2D eigenvalue weighted by molar-refractivity contribution is -0.144. The molecule has 14 heavy (non-hydrogen) atoms. The largest absolute Gasteiger partial charge is 0.478 e. The number of aliphatic carboxylic acids is 1. The zero-order chi connectivity index (χ0) is 10.4. The maximum absolute atomic E-state index is 11.0. The van der Waals surface area contributed by atoms with Gasteiger partial charge in [-0.05, 0) is 25.9 Å². The van der Waals surface area contributed by atoms with Gasteiger partial charge in [0.15, 0.2) is 0 Å². The molecule has 0 bridgehead atoms. The van der Waals surface area contributed by atoms with Crippen molar-refractivity contribution in [2.24, 2.45) is 0 Å². The van der Waals surface area contributed by atoms with Crippen LogP contribution in [-0.4, -0.2) is 36.2 Å². The molecule has 0 saturated carbocycles. The third kappa shape index (κ3) is 4.04. The molecule has 5 nitrogen and oxygen atoms in total. The first kappa shape index (κ1) is 10.7. The number of carbonyl (C=O) groups excluding carboxylic acids is 1. The third-order valence-electron chi connectivity index (χ3n) is 1.93. The van der Waals surface area contributed by atoms with Gasteiger partial charge in [0.2, 0.25) is 0 Å². The van der Waals surface area contributed by atoms with Crippen molar-refractivity contribution in [3.05, 3.63) is 12.2 Å². The summed E-state index contributed by atoms with van der Waals surface area (Å²) in [5.74, 6) is -1.73. The van der Waals surface area contributed by atoms with Crippen molar-refractivity contribution in [3.8, 4) is 0 Å². The van der Waals surface area contributed by atoms with E-state index in [0.29, 0.717) is 0 Å². The van der Waals surface area contributed by atoms with Crippen molar-refractivity contribution in [1.82, 2.24) is 5.32 Å². The van der Waals surface area contributed by atoms with Gasteiger partial charge in [0.05, 0.1) is 0 Å². The topological polar surface area (TPSA) is 75.6 Å². The molecule has 1 saturated heterocycles. The van der Waals surface area contributed by atoms with Crippen molar-refractivity contribution in [3.63, 3.8) is 0 Å². The Bertz CT molecular complexity index is 243. The number of piperidine rings is 1. The van der Waals surface area contributed by atoms with Gasteiger partial charge in [-0.25, -0.2) is 9.59 Å². The summed E-state index contributed by atoms with van der Waals surface area (Å²) in [6.07, 6.45) is 3.20. The van der Waals surface area contributed by atoms with Crippen molar-refractivity contribution >= 4 is 11.9 Å². The van der Waals surface area contributed by atoms with Crippen LogP contribution in [0.5, 0.6) is 0 Å². The number of carbonyl (C=O) groups is 2. The van der Waals surface area contributed by atoms with Gasteiger partial charge in [-0.2, -0.15) is 0 Å². The van der Waals surface area contributed by atoms with E-state index in [9.17, 15) is 9.59 Å². The number of esters is 1. The molecule has 1 aliphatic rings. The van der Waals surface area contributed by atoms with Crippen LogP contribution < -0.4 is 5.32 Å². The number of rotatable bonds is 3. The summed E-state index contributed by atoms with van der Waals surface area (Å²) in [5.41, 5.74) is 0. The fourth-order valence-electron chi connectivity index (χ4n) is 1.26. The summed E-state index contributed by atoms with van der Waals surface area (Å²) in [7, 11) is 0. The molecular weight excluding hydrogens is 186 g/mol. The molecule has 78 valence electrons. The van der Waals surface area contributed by atoms with E-state index >= 15 is 0 Å². The molecule has 0 amide bonds. The Labute approximate surface area is 81.7 Å². The highest BCUT2D eigenvalue weighted by molar-refractivity contribution is 5.90. The van der Waals surface area contributed by atoms with E-state index in [4.69, 9.17) is 9.84 Å². The van der Waals surface area contributed by atoms with Crippen LogP contribution in [-0.2, 0) is 14.3 Å². The molecule has 0 aliphatic carbocycles. The Hall–Kier alpha value is -1.36. The summed E-state index contributed by atoms with van der Waals surface area (Å²) in [6, 6.07) is 0. The number of nitrogens with one attached hydrogen (secondary N) is 1. The van der Waals surface area contributed by atoms with Crippen LogP contribution in [0.2, 0.25) is 0 Å². The summed E-state index contributed by atoms with van der Waals surface area (Å²) < 4.78 is 5.01. The number of carboxylic acids is 1. The van der Waals surface area contributed by atoms with Gasteiger partial charge >= 0.3 is 11.9 Å². The van der Waals surface area contributed by atoms with E-state index in [1.807, 2.05) is 0 Å². The van der Waals surface area contributed by atoms with E-state index in [1.54, 1.807) is 0 Å². The lowest BCUT2D eigenvalue weighted by Gasteiger charge is -2.21. The van der Waals surface area contributed by atoms with Crippen LogP contribution in [0.25, 0.3) is 0 Å². The third-order valence-corrected chi connectivity index (χ3v) is 1.93. The van der Waals surface area contributed by atoms with Crippen molar-refractivity contribution in [2.75, 3.05) is 13.1 Å². The fraction of sp³-hybridized carbons (Fsp3) is 0.556. The zero-order valence-corrected chi connectivity index (χ0v) is 7.73. The average molecular weight is 199 g/mol. The maximum Gasteiger partial charge on any atom is 0.331 e. The molecule has 0 aromatic carbocycles. The van der Waals surface area contributed by atoms with Crippen LogP contribution in [0.4, 0.5) is 0 Å². The summed E-state index contributed by atoms with van der Waals surface area (Å²) in [4.78, 5) is 21.1. The van der Waals surface area contributed by atoms with Crippen LogP contribution in [0.3, 0.4) is 0 Å². The molecule has 2 N–H and O–H groups in total. The molecular formula is C9H13NO4. The van der Waals surface area contributed by atoms with Crippen LogP contribution in [0, 0.1) is 0 Å². The van der Waals surface area contributed by atoms with Gasteiger partial charge in [0, 0.05) is 12.2 Å². The number of carboxylic acid groups (broad SMARTS) is 1. The minimum absolute atomic E-state index is 0.0813. The smallest absolute Gasteiger partial charge is 0.331 e. The lowest BCUT2D eigenvalue weighted by Crippen LogP contribution is -2.33. The highest BCUT2D eigenvalue weighted by atomic mass is 16.5. The quantitative estimate of drug-likeness (QED) is 0.491. The Balaban J connectivity index is 2.28. The monoisotopic (exact) mass is 199 g/mol. The first-order valence-corrected chi connectivity index (χ1v) is 4.51. The van der Waals surface area contributed by atoms with Crippen molar-refractivity contribution in [1.29, 1.82) is 0 Å². The number of hydrogen-bond donors (Lipinski definition) is 2. The molecule has 0 aromatic rings. The Morgan fingerprint density at radius 3 is 2.50 bits per heavy atom. The molecule has 1 fully saturated rings. The average Bonchev–Trinajstić information content (AvgIpc) is 2.16. The van der Waals surface area contributed by atoms with Gasteiger partial charge < -0.3 is 15.2 Å². The summed E-state index contributed by atoms with van der Waals surface area (Å²) >= 11 is 0. The van der Waals surface area contributed by atoms with Crippen molar-refractivity contribution in [2.45, 2.75) is 18.9 Å². The number of hydrogen-bond acceptors (Lipinski definition) is 4. The van der Waals surface area contributed by atoms with Crippen LogP contribution in [0.1, 0.15) is 12.8 Å². The van der Waals surface area contributed by atoms with Crippen molar-refractivity contribution < 1.29 is 19.4 Å². The van der Waals surface area contributed by atoms with E-state index in [1.165, 1.54) is 0 Å². The first-order chi connectivity index (χ1) is 6.68. The molecule has 1 heterocycles. The molecule has 0 unspecified atom stereocenters. The predicted octanol–water partition coefficient (Wildman–Crippen LogP) is -0.0776. The highest BCUT2D eigenvalue weighted by Crippen LogP contribution is 2.07. The Morgan fingerprint density at radius 2 is 1.93 bits per heavy atom. The minimum atomic E-state index is -1.15. The van der Waals surface area contributed by atoms with Crippen LogP contribution in [0.15, 0.2) is 12.2 Å². The fourth-order valence-corrected chi connectivity index (χ4v) is 1.26. The zero-order valence-electron chi connectivity index (χ0n) is 7.73. The predicted molar refractivity (Wildman–Crippen MR) is 48.8 cm³/mol. The summed E-state index contributed by atoms with van der Waals surface area (Å²) in [5, 5.41) is 11.4. The second-order valence-electron chi connectivity index (χ2n) is 3.06.